The zero-order valence-corrected chi connectivity index (χ0v) is 12.1. The van der Waals surface area contributed by atoms with Crippen LogP contribution in [0.2, 0.25) is 0 Å². The summed E-state index contributed by atoms with van der Waals surface area (Å²) in [5.41, 5.74) is 0.200. The first-order valence-corrected chi connectivity index (χ1v) is 8.48. The summed E-state index contributed by atoms with van der Waals surface area (Å²) in [5.74, 6) is -0.875. The molecule has 0 unspecified atom stereocenters. The summed E-state index contributed by atoms with van der Waals surface area (Å²) in [4.78, 5) is -0.103. The van der Waals surface area contributed by atoms with Crippen LogP contribution in [0.15, 0.2) is 23.1 Å². The van der Waals surface area contributed by atoms with Crippen molar-refractivity contribution >= 4 is 20.0 Å². The summed E-state index contributed by atoms with van der Waals surface area (Å²) in [6.07, 6.45) is 0. The third-order valence-electron chi connectivity index (χ3n) is 2.41. The molecule has 0 aliphatic heterocycles. The molecule has 0 bridgehead atoms. The van der Waals surface area contributed by atoms with E-state index in [1.807, 2.05) is 0 Å². The Hall–Kier alpha value is -1.03. The van der Waals surface area contributed by atoms with E-state index in [2.05, 4.69) is 9.44 Å². The maximum atomic E-state index is 13.0. The van der Waals surface area contributed by atoms with Crippen molar-refractivity contribution in [3.05, 3.63) is 29.6 Å². The van der Waals surface area contributed by atoms with Gasteiger partial charge in [0.2, 0.25) is 20.0 Å². The second kappa shape index (κ2) is 5.95. The number of hydrogen-bond donors (Lipinski definition) is 2. The highest BCUT2D eigenvalue weighted by molar-refractivity contribution is 7.90. The van der Waals surface area contributed by atoms with Gasteiger partial charge in [0.1, 0.15) is 5.82 Å². The molecular weight excluding hydrogens is 295 g/mol. The van der Waals surface area contributed by atoms with E-state index < -0.39 is 25.9 Å². The molecule has 0 saturated heterocycles. The van der Waals surface area contributed by atoms with Crippen LogP contribution in [0, 0.1) is 12.7 Å². The lowest BCUT2D eigenvalue weighted by Gasteiger charge is -2.08. The molecule has 9 heteroatoms. The van der Waals surface area contributed by atoms with E-state index in [1.54, 1.807) is 0 Å². The molecule has 0 fully saturated rings. The average Bonchev–Trinajstić information content (AvgIpc) is 2.32. The zero-order valence-electron chi connectivity index (χ0n) is 10.5. The van der Waals surface area contributed by atoms with Crippen LogP contribution < -0.4 is 9.44 Å². The largest absolute Gasteiger partial charge is 0.240 e. The highest BCUT2D eigenvalue weighted by Crippen LogP contribution is 2.13. The van der Waals surface area contributed by atoms with Crippen molar-refractivity contribution in [3.63, 3.8) is 0 Å². The van der Waals surface area contributed by atoms with Gasteiger partial charge in [0.05, 0.1) is 10.6 Å². The quantitative estimate of drug-likeness (QED) is 0.771. The summed E-state index contributed by atoms with van der Waals surface area (Å²) in [6.45, 7) is 1.18. The summed E-state index contributed by atoms with van der Waals surface area (Å²) in [7, 11) is -6.07. The van der Waals surface area contributed by atoms with Gasteiger partial charge in [-0.2, -0.15) is 0 Å². The van der Waals surface area contributed by atoms with Gasteiger partial charge in [0.15, 0.2) is 0 Å². The summed E-state index contributed by atoms with van der Waals surface area (Å²) >= 11 is 0. The van der Waals surface area contributed by atoms with Gasteiger partial charge >= 0.3 is 0 Å². The monoisotopic (exact) mass is 310 g/mol. The van der Waals surface area contributed by atoms with Gasteiger partial charge in [-0.3, -0.25) is 0 Å². The molecule has 0 aliphatic rings. The molecule has 0 spiro atoms. The number of aryl methyl sites for hydroxylation is 1. The highest BCUT2D eigenvalue weighted by atomic mass is 32.2. The number of benzene rings is 1. The predicted octanol–water partition coefficient (Wildman–Crippen LogP) is -0.0384. The van der Waals surface area contributed by atoms with Crippen LogP contribution in [-0.4, -0.2) is 36.2 Å². The predicted molar refractivity (Wildman–Crippen MR) is 69.2 cm³/mol. The number of nitrogens with one attached hydrogen (secondary N) is 2. The Balaban J connectivity index is 2.79. The Kier molecular flexibility index (Phi) is 5.02. The normalized spacial score (nSPS) is 12.6. The van der Waals surface area contributed by atoms with Crippen LogP contribution >= 0.6 is 0 Å². The Morgan fingerprint density at radius 1 is 1.21 bits per heavy atom. The minimum Gasteiger partial charge on any atom is -0.218 e. The third-order valence-corrected chi connectivity index (χ3v) is 5.24. The van der Waals surface area contributed by atoms with Crippen LogP contribution in [0.25, 0.3) is 0 Å². The van der Waals surface area contributed by atoms with Crippen molar-refractivity contribution in [2.45, 2.75) is 11.8 Å². The van der Waals surface area contributed by atoms with E-state index >= 15 is 0 Å². The Morgan fingerprint density at radius 3 is 2.37 bits per heavy atom. The molecule has 0 heterocycles. The number of sulfonamides is 2. The van der Waals surface area contributed by atoms with E-state index in [9.17, 15) is 21.2 Å². The lowest BCUT2D eigenvalue weighted by molar-refractivity contribution is 0.577. The average molecular weight is 310 g/mol. The molecule has 0 saturated carbocycles. The molecule has 2 N–H and O–H groups in total. The van der Waals surface area contributed by atoms with Crippen LogP contribution in [0.3, 0.4) is 0 Å². The number of rotatable bonds is 6. The Bertz CT molecular complexity index is 656. The summed E-state index contributed by atoms with van der Waals surface area (Å²) in [5, 5.41) is 0. The van der Waals surface area contributed by atoms with E-state index in [0.717, 1.165) is 12.1 Å². The van der Waals surface area contributed by atoms with Gasteiger partial charge in [-0.15, -0.1) is 0 Å². The third kappa shape index (κ3) is 4.53. The van der Waals surface area contributed by atoms with Gasteiger partial charge < -0.3 is 0 Å². The van der Waals surface area contributed by atoms with Gasteiger partial charge in [0, 0.05) is 6.54 Å². The van der Waals surface area contributed by atoms with Crippen molar-refractivity contribution in [1.82, 2.24) is 9.44 Å². The fourth-order valence-electron chi connectivity index (χ4n) is 1.28. The topological polar surface area (TPSA) is 92.3 Å². The van der Waals surface area contributed by atoms with Gasteiger partial charge in [-0.25, -0.2) is 30.7 Å². The summed E-state index contributed by atoms with van der Waals surface area (Å²) in [6, 6.07) is 3.36. The molecule has 0 aromatic heterocycles. The molecule has 108 valence electrons. The SMILES string of the molecule is CNS(=O)(=O)CCNS(=O)(=O)c1ccc(F)c(C)c1. The van der Waals surface area contributed by atoms with Crippen molar-refractivity contribution in [2.24, 2.45) is 0 Å². The minimum atomic E-state index is -3.84. The molecular formula is C10H15FN2O4S2. The first-order valence-electron chi connectivity index (χ1n) is 5.35. The molecule has 6 nitrogen and oxygen atoms in total. The van der Waals surface area contributed by atoms with Crippen molar-refractivity contribution in [3.8, 4) is 0 Å². The Morgan fingerprint density at radius 2 is 1.84 bits per heavy atom. The maximum absolute atomic E-state index is 13.0. The van der Waals surface area contributed by atoms with E-state index in [1.165, 1.54) is 20.0 Å². The van der Waals surface area contributed by atoms with Crippen LogP contribution in [-0.2, 0) is 20.0 Å². The van der Waals surface area contributed by atoms with E-state index in [0.29, 0.717) is 0 Å². The molecule has 0 atom stereocenters. The molecule has 0 aliphatic carbocycles. The first-order chi connectivity index (χ1) is 8.68. The minimum absolute atomic E-state index is 0.103. The summed E-state index contributed by atoms with van der Waals surface area (Å²) < 4.78 is 63.1. The second-order valence-electron chi connectivity index (χ2n) is 3.83. The van der Waals surface area contributed by atoms with E-state index in [-0.39, 0.29) is 22.8 Å². The van der Waals surface area contributed by atoms with Gasteiger partial charge in [-0.1, -0.05) is 0 Å². The van der Waals surface area contributed by atoms with E-state index in [4.69, 9.17) is 0 Å². The fraction of sp³-hybridized carbons (Fsp3) is 0.400. The molecule has 1 rings (SSSR count). The van der Waals surface area contributed by atoms with Crippen LogP contribution in [0.5, 0.6) is 0 Å². The molecule has 1 aromatic rings. The smallest absolute Gasteiger partial charge is 0.218 e. The maximum Gasteiger partial charge on any atom is 0.240 e. The van der Waals surface area contributed by atoms with Crippen LogP contribution in [0.4, 0.5) is 4.39 Å². The molecule has 0 radical (unpaired) electrons. The number of halogens is 1. The van der Waals surface area contributed by atoms with Crippen LogP contribution in [0.1, 0.15) is 5.56 Å². The highest BCUT2D eigenvalue weighted by Gasteiger charge is 2.16. The van der Waals surface area contributed by atoms with Gasteiger partial charge in [-0.05, 0) is 37.7 Å². The van der Waals surface area contributed by atoms with Crippen molar-refractivity contribution < 1.29 is 21.2 Å². The second-order valence-corrected chi connectivity index (χ2v) is 7.64. The number of hydrogen-bond acceptors (Lipinski definition) is 4. The fourth-order valence-corrected chi connectivity index (χ4v) is 3.10. The van der Waals surface area contributed by atoms with Crippen molar-refractivity contribution in [1.29, 1.82) is 0 Å². The zero-order chi connectivity index (χ0) is 14.7. The molecule has 0 amide bonds. The first kappa shape index (κ1) is 16.0. The lowest BCUT2D eigenvalue weighted by atomic mass is 10.2. The molecule has 19 heavy (non-hydrogen) atoms. The van der Waals surface area contributed by atoms with Crippen molar-refractivity contribution in [2.75, 3.05) is 19.3 Å². The molecule has 1 aromatic carbocycles. The van der Waals surface area contributed by atoms with Gasteiger partial charge in [0.25, 0.3) is 0 Å². The standard InChI is InChI=1S/C10H15FN2O4S2/c1-8-7-9(3-4-10(8)11)19(16,17)13-5-6-18(14,15)12-2/h3-4,7,12-13H,5-6H2,1-2H3. The Labute approximate surface area is 112 Å². The lowest BCUT2D eigenvalue weighted by Crippen LogP contribution is -2.33.